The van der Waals surface area contributed by atoms with Crippen molar-refractivity contribution in [2.45, 2.75) is 18.3 Å². The van der Waals surface area contributed by atoms with Gasteiger partial charge >= 0.3 is 0 Å². The second kappa shape index (κ2) is 5.67. The fraction of sp³-hybridized carbons (Fsp3) is 0.200. The van der Waals surface area contributed by atoms with Gasteiger partial charge in [0.15, 0.2) is 0 Å². The van der Waals surface area contributed by atoms with Crippen LogP contribution in [0.2, 0.25) is 0 Å². The van der Waals surface area contributed by atoms with Crippen LogP contribution in [0.25, 0.3) is 0 Å². The van der Waals surface area contributed by atoms with Gasteiger partial charge in [0.2, 0.25) is 11.8 Å². The largest absolute Gasteiger partial charge is 0.274 e. The molecule has 3 aromatic rings. The summed E-state index contributed by atoms with van der Waals surface area (Å²) in [7, 11) is 0. The van der Waals surface area contributed by atoms with Gasteiger partial charge < -0.3 is 0 Å². The van der Waals surface area contributed by atoms with Crippen molar-refractivity contribution in [1.29, 1.82) is 0 Å². The molecule has 1 saturated heterocycles. The predicted octanol–water partition coefficient (Wildman–Crippen LogP) is 5.02. The molecule has 0 spiro atoms. The lowest BCUT2D eigenvalue weighted by Crippen LogP contribution is -2.51. The van der Waals surface area contributed by atoms with Crippen LogP contribution >= 0.6 is 15.9 Å². The van der Waals surface area contributed by atoms with Crippen LogP contribution in [0.4, 0.5) is 5.69 Å². The summed E-state index contributed by atoms with van der Waals surface area (Å²) in [4.78, 5) is 28.9. The molecule has 3 nitrogen and oxygen atoms in total. The van der Waals surface area contributed by atoms with Crippen molar-refractivity contribution in [1.82, 2.24) is 0 Å². The second-order valence-corrected chi connectivity index (χ2v) is 9.27. The molecule has 0 radical (unpaired) electrons. The quantitative estimate of drug-likeness (QED) is 0.495. The number of carbonyl (C=O) groups is 2. The summed E-state index contributed by atoms with van der Waals surface area (Å²) in [6, 6.07) is 24.1. The van der Waals surface area contributed by atoms with Crippen molar-refractivity contribution in [3.05, 3.63) is 99.5 Å². The molecule has 0 aromatic heterocycles. The molecule has 1 fully saturated rings. The Kier molecular flexibility index (Phi) is 3.35. The molecule has 0 N–H and O–H groups in total. The van der Waals surface area contributed by atoms with Gasteiger partial charge in [-0.1, -0.05) is 77.5 Å². The molecule has 2 bridgehead atoms. The second-order valence-electron chi connectivity index (χ2n) is 8.35. The highest BCUT2D eigenvalue weighted by Crippen LogP contribution is 2.64. The molecule has 3 aromatic carbocycles. The SMILES string of the molecule is CC12c3ccccc3C(c3ccccc31)[C@@H]1C(=O)N(c3cccc(Br)c3)C(=O)[C@H]12. The first kappa shape index (κ1) is 17.2. The van der Waals surface area contributed by atoms with Gasteiger partial charge in [0.25, 0.3) is 0 Å². The predicted molar refractivity (Wildman–Crippen MR) is 115 cm³/mol. The van der Waals surface area contributed by atoms with Crippen LogP contribution in [0.1, 0.15) is 35.1 Å². The van der Waals surface area contributed by atoms with E-state index >= 15 is 0 Å². The summed E-state index contributed by atoms with van der Waals surface area (Å²) in [5, 5.41) is 0. The molecule has 142 valence electrons. The Labute approximate surface area is 177 Å². The van der Waals surface area contributed by atoms with Gasteiger partial charge in [0, 0.05) is 15.8 Å². The molecule has 1 aliphatic heterocycles. The molecular formula is C25H18BrNO2. The smallest absolute Gasteiger partial charge is 0.238 e. The number of nitrogens with zero attached hydrogens (tertiary/aromatic N) is 1. The number of amides is 2. The fourth-order valence-electron chi connectivity index (χ4n) is 6.02. The van der Waals surface area contributed by atoms with Gasteiger partial charge in [-0.3, -0.25) is 9.59 Å². The van der Waals surface area contributed by atoms with Gasteiger partial charge in [0.05, 0.1) is 17.5 Å². The Balaban J connectivity index is 1.63. The Morgan fingerprint density at radius 3 is 2.07 bits per heavy atom. The highest BCUT2D eigenvalue weighted by Gasteiger charge is 2.66. The zero-order valence-electron chi connectivity index (χ0n) is 15.8. The van der Waals surface area contributed by atoms with E-state index in [4.69, 9.17) is 0 Å². The number of benzene rings is 3. The number of hydrogen-bond acceptors (Lipinski definition) is 2. The third-order valence-electron chi connectivity index (χ3n) is 7.11. The lowest BCUT2D eigenvalue weighted by molar-refractivity contribution is -0.123. The number of anilines is 1. The zero-order valence-corrected chi connectivity index (χ0v) is 17.4. The monoisotopic (exact) mass is 443 g/mol. The van der Waals surface area contributed by atoms with Crippen LogP contribution < -0.4 is 4.90 Å². The molecular weight excluding hydrogens is 426 g/mol. The van der Waals surface area contributed by atoms with E-state index in [9.17, 15) is 9.59 Å². The van der Waals surface area contributed by atoms with Gasteiger partial charge in [-0.2, -0.15) is 0 Å². The number of halogens is 1. The highest BCUT2D eigenvalue weighted by atomic mass is 79.9. The van der Waals surface area contributed by atoms with Crippen molar-refractivity contribution < 1.29 is 9.59 Å². The van der Waals surface area contributed by atoms with Crippen LogP contribution in [0.15, 0.2) is 77.3 Å². The van der Waals surface area contributed by atoms with Crippen molar-refractivity contribution in [3.63, 3.8) is 0 Å². The lowest BCUT2D eigenvalue weighted by atomic mass is 9.48. The molecule has 3 aliphatic carbocycles. The summed E-state index contributed by atoms with van der Waals surface area (Å²) in [5.41, 5.74) is 4.86. The zero-order chi connectivity index (χ0) is 19.9. The Morgan fingerprint density at radius 2 is 1.45 bits per heavy atom. The van der Waals surface area contributed by atoms with Gasteiger partial charge in [0.1, 0.15) is 0 Å². The molecule has 4 aliphatic rings. The maximum atomic E-state index is 13.8. The summed E-state index contributed by atoms with van der Waals surface area (Å²) >= 11 is 3.47. The number of carbonyl (C=O) groups excluding carboxylic acids is 2. The maximum Gasteiger partial charge on any atom is 0.238 e. The first-order valence-corrected chi connectivity index (χ1v) is 10.6. The van der Waals surface area contributed by atoms with E-state index < -0.39 is 5.41 Å². The van der Waals surface area contributed by atoms with Crippen LogP contribution in [0, 0.1) is 11.8 Å². The van der Waals surface area contributed by atoms with Crippen molar-refractivity contribution in [2.75, 3.05) is 4.90 Å². The molecule has 29 heavy (non-hydrogen) atoms. The van der Waals surface area contributed by atoms with E-state index in [0.717, 1.165) is 4.47 Å². The standard InChI is InChI=1S/C25H18BrNO2/c1-25-18-11-4-2-9-16(18)20(17-10-3-5-12-19(17)25)21-22(25)24(29)27(23(21)28)15-8-6-7-14(26)13-15/h2-13,20-22H,1H3/t20?,21-,22-,25?/m0/s1. The molecule has 1 heterocycles. The van der Waals surface area contributed by atoms with Crippen LogP contribution in [0.5, 0.6) is 0 Å². The number of imide groups is 1. The molecule has 2 atom stereocenters. The summed E-state index contributed by atoms with van der Waals surface area (Å²) in [5.74, 6) is -1.00. The molecule has 4 heteroatoms. The fourth-order valence-corrected chi connectivity index (χ4v) is 6.41. The van der Waals surface area contributed by atoms with Crippen molar-refractivity contribution in [3.8, 4) is 0 Å². The summed E-state index contributed by atoms with van der Waals surface area (Å²) in [6.07, 6.45) is 0. The summed E-state index contributed by atoms with van der Waals surface area (Å²) in [6.45, 7) is 2.15. The number of rotatable bonds is 1. The van der Waals surface area contributed by atoms with Crippen LogP contribution in [0.3, 0.4) is 0 Å². The topological polar surface area (TPSA) is 37.4 Å². The summed E-state index contributed by atoms with van der Waals surface area (Å²) < 4.78 is 0.853. The first-order valence-electron chi connectivity index (χ1n) is 9.85. The molecule has 2 amide bonds. The van der Waals surface area contributed by atoms with E-state index in [-0.39, 0.29) is 29.6 Å². The molecule has 0 unspecified atom stereocenters. The van der Waals surface area contributed by atoms with Crippen LogP contribution in [-0.4, -0.2) is 11.8 Å². The minimum Gasteiger partial charge on any atom is -0.274 e. The minimum absolute atomic E-state index is 0.0807. The van der Waals surface area contributed by atoms with Crippen molar-refractivity contribution in [2.24, 2.45) is 11.8 Å². The molecule has 0 saturated carbocycles. The average molecular weight is 444 g/mol. The first-order chi connectivity index (χ1) is 14.0. The van der Waals surface area contributed by atoms with Crippen molar-refractivity contribution >= 4 is 33.4 Å². The Bertz CT molecular complexity index is 1170. The minimum atomic E-state index is -0.514. The van der Waals surface area contributed by atoms with Gasteiger partial charge in [-0.05, 0) is 40.5 Å². The van der Waals surface area contributed by atoms with E-state index in [2.05, 4.69) is 47.1 Å². The Hall–Kier alpha value is -2.72. The van der Waals surface area contributed by atoms with E-state index in [0.29, 0.717) is 5.69 Å². The normalized spacial score (nSPS) is 28.9. The third-order valence-corrected chi connectivity index (χ3v) is 7.60. The molecule has 7 rings (SSSR count). The lowest BCUT2D eigenvalue weighted by Gasteiger charge is -2.52. The van der Waals surface area contributed by atoms with E-state index in [1.165, 1.54) is 27.2 Å². The average Bonchev–Trinajstić information content (AvgIpc) is 3.00. The van der Waals surface area contributed by atoms with Gasteiger partial charge in [-0.15, -0.1) is 0 Å². The van der Waals surface area contributed by atoms with Gasteiger partial charge in [-0.25, -0.2) is 4.90 Å². The van der Waals surface area contributed by atoms with E-state index in [1.54, 1.807) is 0 Å². The maximum absolute atomic E-state index is 13.8. The Morgan fingerprint density at radius 1 is 0.828 bits per heavy atom. The third kappa shape index (κ3) is 1.98. The van der Waals surface area contributed by atoms with E-state index in [1.807, 2.05) is 48.5 Å². The number of hydrogen-bond donors (Lipinski definition) is 0. The highest BCUT2D eigenvalue weighted by molar-refractivity contribution is 9.10. The van der Waals surface area contributed by atoms with Crippen LogP contribution in [-0.2, 0) is 15.0 Å².